The molecule has 2 aromatic heterocycles. The van der Waals surface area contributed by atoms with Gasteiger partial charge in [0.2, 0.25) is 20.0 Å². The van der Waals surface area contributed by atoms with Crippen LogP contribution in [0.25, 0.3) is 11.1 Å². The minimum Gasteiger partial charge on any atom is -0.493 e. The molecule has 18 rings (SSSR count). The van der Waals surface area contributed by atoms with Crippen LogP contribution in [0, 0.1) is 0 Å². The molecule has 0 aliphatic carbocycles. The summed E-state index contributed by atoms with van der Waals surface area (Å²) in [5.74, 6) is 1.39. The van der Waals surface area contributed by atoms with E-state index in [1.165, 1.54) is 109 Å². The zero-order valence-electron chi connectivity index (χ0n) is 76.8. The molecule has 34 nitrogen and oxygen atoms in total. The molecular weight excluding hydrogens is 1810 g/mol. The largest absolute Gasteiger partial charge is 0.493 e. The Kier molecular flexibility index (Phi) is 28.0. The van der Waals surface area contributed by atoms with Crippen molar-refractivity contribution in [2.45, 2.75) is 112 Å². The average Bonchev–Trinajstić information content (AvgIpc) is 1.60. The average molecular weight is 1910 g/mol. The molecule has 0 spiro atoms. The van der Waals surface area contributed by atoms with Gasteiger partial charge in [0, 0.05) is 77.1 Å². The Morgan fingerprint density at radius 3 is 1.19 bits per heavy atom. The number of aromatic nitrogens is 2. The van der Waals surface area contributed by atoms with Gasteiger partial charge in [-0.25, -0.2) is 45.7 Å². The van der Waals surface area contributed by atoms with E-state index >= 15 is 0 Å². The Bertz CT molecular complexity index is 6830. The second-order valence-electron chi connectivity index (χ2n) is 33.1. The van der Waals surface area contributed by atoms with E-state index in [0.29, 0.717) is 107 Å². The number of methoxy groups -OCH3 is 6. The molecule has 10 heterocycles. The zero-order chi connectivity index (χ0) is 96.8. The summed E-state index contributed by atoms with van der Waals surface area (Å²) in [6.45, 7) is 8.48. The van der Waals surface area contributed by atoms with Crippen molar-refractivity contribution in [2.75, 3.05) is 92.9 Å². The summed E-state index contributed by atoms with van der Waals surface area (Å²) < 4.78 is 125. The number of anilines is 2. The third-order valence-corrected chi connectivity index (χ3v) is 28.1. The van der Waals surface area contributed by atoms with Crippen molar-refractivity contribution in [3.8, 4) is 46.0 Å². The number of hydrogen-bond acceptors (Lipinski definition) is 26. The quantitative estimate of drug-likeness (QED) is 0.0430. The van der Waals surface area contributed by atoms with Crippen molar-refractivity contribution in [2.24, 2.45) is 9.98 Å². The molecule has 0 bridgehead atoms. The van der Waals surface area contributed by atoms with E-state index in [2.05, 4.69) is 34.7 Å². The molecule has 0 fully saturated rings. The molecule has 6 amide bonds. The van der Waals surface area contributed by atoms with Crippen LogP contribution in [0.5, 0.6) is 46.0 Å². The lowest BCUT2D eigenvalue weighted by atomic mass is 9.92. The highest BCUT2D eigenvalue weighted by atomic mass is 32.2. The molecule has 0 saturated carbocycles. The number of nitrogens with one attached hydrogen (secondary N) is 2. The van der Waals surface area contributed by atoms with E-state index in [1.807, 2.05) is 77.9 Å². The van der Waals surface area contributed by atoms with Crippen LogP contribution in [-0.2, 0) is 91.4 Å². The number of hydrogen-bond donors (Lipinski definition) is 2. The molecule has 712 valence electrons. The fraction of sp³-hybridized carbons (Fsp3) is 0.275. The molecule has 0 radical (unpaired) electrons. The Labute approximate surface area is 797 Å². The first kappa shape index (κ1) is 94.7. The van der Waals surface area contributed by atoms with E-state index in [1.54, 1.807) is 112 Å². The number of nitrogens with zero attached hydrogens (tertiary/aromatic N) is 10. The molecule has 0 saturated heterocycles. The molecule has 8 aliphatic rings. The van der Waals surface area contributed by atoms with Gasteiger partial charge in [0.15, 0.2) is 58.5 Å². The highest BCUT2D eigenvalue weighted by Crippen LogP contribution is 2.48. The van der Waals surface area contributed by atoms with Crippen LogP contribution in [0.4, 0.5) is 32.3 Å². The minimum atomic E-state index is -3.68. The Hall–Kier alpha value is -15.1. The third-order valence-electron chi connectivity index (χ3n) is 25.2. The monoisotopic (exact) mass is 1910 g/mol. The number of sulfonamides is 2. The summed E-state index contributed by atoms with van der Waals surface area (Å²) in [7, 11) is 4.34. The van der Waals surface area contributed by atoms with Crippen molar-refractivity contribution >= 4 is 102 Å². The Balaban J connectivity index is 0.000000196. The van der Waals surface area contributed by atoms with Gasteiger partial charge in [-0.2, -0.15) is 0 Å². The first-order valence-corrected chi connectivity index (χ1v) is 47.3. The summed E-state index contributed by atoms with van der Waals surface area (Å²) in [5, 5.41) is 0. The number of carbonyl (C=O) groups excluding carboxylic acids is 6. The standard InChI is InChI=1S/C56H58N6O14S.C46H42N6O8S/c1-8-23-73-55(65)61-43-29-49(47(69-4)27-41(43)51(63)59-22-21-36(26-45(59)53(61)71-6)34-17-19-40(20-18-34)77(67,68)57-3)75-32-38-15-12-16-39(58-38)33-76-50-30-44-42(28-48(50)70-5)52(64)60-31-37-14-11-10-13-35(37)25-46(60)54(72-7)62(44)56(66)74-24-9-2;1-47-61(55,56)36-13-11-28(12-14-36)30-15-16-51-34(18-30)23-48-39-21-43(41(57-2)19-37(39)45(51)53)59-26-32-9-6-10-33(50-32)27-60-44-22-40-38(20-42(44)58-3)46(54)52-25-31-8-5-4-7-29(31)17-35(52)24-49-40/h8-21,27-30,45-46,53-54,57H,1-2,22-26,31-33H2,3-7H3;4-15,19-24,34-35,47H,16-18,25-27H2,1-3H3/t45-,46-,53?,54?;34-,35-/m00/s1. The summed E-state index contributed by atoms with van der Waals surface area (Å²) in [6.07, 6.45) is 8.65. The van der Waals surface area contributed by atoms with Gasteiger partial charge in [0.05, 0.1) is 130 Å². The maximum absolute atomic E-state index is 14.6. The van der Waals surface area contributed by atoms with Gasteiger partial charge in [0.1, 0.15) is 39.6 Å². The minimum absolute atomic E-state index is 0.0828. The fourth-order valence-corrected chi connectivity index (χ4v) is 19.6. The number of amides is 6. The van der Waals surface area contributed by atoms with E-state index in [-0.39, 0.29) is 138 Å². The summed E-state index contributed by atoms with van der Waals surface area (Å²) in [4.78, 5) is 114. The van der Waals surface area contributed by atoms with E-state index in [9.17, 15) is 45.6 Å². The van der Waals surface area contributed by atoms with Gasteiger partial charge >= 0.3 is 12.2 Å². The van der Waals surface area contributed by atoms with Crippen molar-refractivity contribution in [1.29, 1.82) is 0 Å². The van der Waals surface area contributed by atoms with Gasteiger partial charge in [-0.1, -0.05) is 122 Å². The second kappa shape index (κ2) is 40.8. The van der Waals surface area contributed by atoms with Crippen LogP contribution in [0.3, 0.4) is 0 Å². The van der Waals surface area contributed by atoms with Gasteiger partial charge in [-0.3, -0.25) is 39.1 Å². The highest BCUT2D eigenvalue weighted by Gasteiger charge is 2.49. The van der Waals surface area contributed by atoms with Gasteiger partial charge in [-0.15, -0.1) is 0 Å². The molecule has 6 atom stereocenters. The summed E-state index contributed by atoms with van der Waals surface area (Å²) in [6, 6.07) is 51.1. The number of fused-ring (bicyclic) bond motifs is 10. The van der Waals surface area contributed by atoms with Crippen LogP contribution in [0.2, 0.25) is 0 Å². The summed E-state index contributed by atoms with van der Waals surface area (Å²) >= 11 is 0. The lowest BCUT2D eigenvalue weighted by Gasteiger charge is -2.41. The lowest BCUT2D eigenvalue weighted by molar-refractivity contribution is 0.00854. The first-order valence-electron chi connectivity index (χ1n) is 44.3. The Morgan fingerprint density at radius 2 is 0.768 bits per heavy atom. The topological polar surface area (TPSA) is 375 Å². The molecular formula is C102H100N12O22S2. The normalized spacial score (nSPS) is 18.3. The summed E-state index contributed by atoms with van der Waals surface area (Å²) in [5.41, 5.74) is 12.5. The van der Waals surface area contributed by atoms with Crippen LogP contribution < -0.4 is 57.1 Å². The Morgan fingerprint density at radius 1 is 0.406 bits per heavy atom. The molecule has 138 heavy (non-hydrogen) atoms. The molecule has 36 heteroatoms. The van der Waals surface area contributed by atoms with E-state index in [4.69, 9.17) is 76.8 Å². The van der Waals surface area contributed by atoms with Crippen LogP contribution in [0.1, 0.15) is 110 Å². The van der Waals surface area contributed by atoms with Gasteiger partial charge in [0.25, 0.3) is 23.6 Å². The fourth-order valence-electron chi connectivity index (χ4n) is 18.2. The maximum atomic E-state index is 14.6. The van der Waals surface area contributed by atoms with Crippen molar-refractivity contribution in [3.63, 3.8) is 0 Å². The third kappa shape index (κ3) is 19.2. The first-order chi connectivity index (χ1) is 66.9. The predicted octanol–water partition coefficient (Wildman–Crippen LogP) is 13.7. The van der Waals surface area contributed by atoms with Crippen molar-refractivity contribution < 1.29 is 102 Å². The van der Waals surface area contributed by atoms with Crippen molar-refractivity contribution in [1.82, 2.24) is 39.0 Å². The van der Waals surface area contributed by atoms with Gasteiger partial charge in [-0.05, 0) is 157 Å². The molecule has 8 aromatic carbocycles. The van der Waals surface area contributed by atoms with E-state index < -0.39 is 62.7 Å². The van der Waals surface area contributed by atoms with Crippen molar-refractivity contribution in [3.05, 3.63) is 298 Å². The molecule has 10 aromatic rings. The number of pyridine rings is 2. The molecule has 2 N–H and O–H groups in total. The number of aliphatic imine (C=N–C) groups is 2. The van der Waals surface area contributed by atoms with Gasteiger partial charge < -0.3 is 76.4 Å². The van der Waals surface area contributed by atoms with E-state index in [0.717, 1.165) is 39.0 Å². The number of rotatable bonds is 28. The number of ether oxygens (including phenoxy) is 12. The number of benzene rings is 8. The predicted molar refractivity (Wildman–Crippen MR) is 512 cm³/mol. The molecule has 2 unspecified atom stereocenters. The smallest absolute Gasteiger partial charge is 0.416 e. The highest BCUT2D eigenvalue weighted by molar-refractivity contribution is 7.89. The SMILES string of the molecule is C=CCOC(=O)N1c2cc(OCc3cccc(COc4cc5c(cc4OC)C(=O)N4Cc6ccccc6C[C@H]4C(OC)N5C(=O)OCC=C)n3)c(OC)cc2C(=O)N2CC=C(c3ccc(S(=O)(=O)NC)cc3)C[C@H]2C1OC.CNS(=O)(=O)c1ccc(C2=CCN3C(=O)c4cc(OC)c(OCc5cccc(COc6cc7c(cc6OC)C(=O)N6Cc8ccccc8C[C@H]6C=N7)n5)cc4N=C[C@@H]3C2)cc1. The molecule has 8 aliphatic heterocycles. The van der Waals surface area contributed by atoms with Crippen LogP contribution >= 0.6 is 0 Å². The van der Waals surface area contributed by atoms with Crippen LogP contribution in [0.15, 0.2) is 239 Å². The second-order valence-corrected chi connectivity index (χ2v) is 36.9. The van der Waals surface area contributed by atoms with Crippen LogP contribution in [-0.4, -0.2) is 214 Å². The maximum Gasteiger partial charge on any atom is 0.416 e. The lowest BCUT2D eigenvalue weighted by Crippen LogP contribution is -2.56. The number of carbonyl (C=O) groups is 6. The zero-order valence-corrected chi connectivity index (χ0v) is 78.5.